The Balaban J connectivity index is 2.52. The van der Waals surface area contributed by atoms with Crippen molar-refractivity contribution in [2.75, 3.05) is 0 Å². The third-order valence-corrected chi connectivity index (χ3v) is 1.24. The molecule has 0 atom stereocenters. The molecule has 0 saturated carbocycles. The van der Waals surface area contributed by atoms with Gasteiger partial charge in [-0.25, -0.2) is 5.43 Å². The lowest BCUT2D eigenvalue weighted by molar-refractivity contribution is -0.118. The molecule has 0 aliphatic heterocycles. The van der Waals surface area contributed by atoms with E-state index in [0.29, 0.717) is 0 Å². The maximum Gasteiger partial charge on any atom is 0.236 e. The van der Waals surface area contributed by atoms with Gasteiger partial charge >= 0.3 is 0 Å². The number of amides is 1. The van der Waals surface area contributed by atoms with E-state index in [1.54, 1.807) is 6.21 Å². The molecule has 62 valence electrons. The number of carbonyl (C=O) groups excluding carboxylic acids is 1. The largest absolute Gasteiger partial charge is 0.274 e. The van der Waals surface area contributed by atoms with E-state index < -0.39 is 0 Å². The van der Waals surface area contributed by atoms with Crippen LogP contribution in [-0.4, -0.2) is 12.1 Å². The highest BCUT2D eigenvalue weighted by molar-refractivity contribution is 5.81. The van der Waals surface area contributed by atoms with Gasteiger partial charge in [-0.3, -0.25) is 4.79 Å². The minimum absolute atomic E-state index is 0.165. The van der Waals surface area contributed by atoms with Gasteiger partial charge < -0.3 is 0 Å². The van der Waals surface area contributed by atoms with Crippen LogP contribution < -0.4 is 5.43 Å². The summed E-state index contributed by atoms with van der Waals surface area (Å²) in [4.78, 5) is 10.4. The number of benzene rings is 1. The molecule has 0 saturated heterocycles. The molecule has 1 aromatic carbocycles. The summed E-state index contributed by atoms with van der Waals surface area (Å²) in [5.74, 6) is -0.165. The van der Waals surface area contributed by atoms with Gasteiger partial charge in [0.15, 0.2) is 0 Å². The van der Waals surface area contributed by atoms with Crippen LogP contribution in [0.2, 0.25) is 0 Å². The van der Waals surface area contributed by atoms with Crippen molar-refractivity contribution in [3.63, 3.8) is 0 Å². The first-order valence-corrected chi connectivity index (χ1v) is 3.64. The Bertz CT molecular complexity index is 280. The molecule has 3 heteroatoms. The highest BCUT2D eigenvalue weighted by Crippen LogP contribution is 1.92. The Morgan fingerprint density at radius 2 is 2.08 bits per heavy atom. The van der Waals surface area contributed by atoms with Crippen LogP contribution in [0.1, 0.15) is 12.5 Å². The Kier molecular flexibility index (Phi) is 3.02. The summed E-state index contributed by atoms with van der Waals surface area (Å²) in [5, 5.41) is 3.72. The maximum atomic E-state index is 10.4. The highest BCUT2D eigenvalue weighted by atomic mass is 16.2. The lowest BCUT2D eigenvalue weighted by atomic mass is 10.2. The second-order valence-corrected chi connectivity index (χ2v) is 2.34. The minimum Gasteiger partial charge on any atom is -0.274 e. The van der Waals surface area contributed by atoms with Crippen LogP contribution in [0.5, 0.6) is 0 Å². The van der Waals surface area contributed by atoms with Crippen LogP contribution in [0.15, 0.2) is 35.4 Å². The first kappa shape index (κ1) is 8.46. The average Bonchev–Trinajstić information content (AvgIpc) is 2.05. The number of nitrogens with one attached hydrogen (secondary N) is 1. The topological polar surface area (TPSA) is 41.5 Å². The van der Waals surface area contributed by atoms with Crippen molar-refractivity contribution in [1.29, 1.82) is 0 Å². The maximum absolute atomic E-state index is 10.4. The van der Waals surface area contributed by atoms with E-state index in [4.69, 9.17) is 0 Å². The lowest BCUT2D eigenvalue weighted by Crippen LogP contribution is -2.12. The van der Waals surface area contributed by atoms with E-state index in [1.165, 1.54) is 6.92 Å². The van der Waals surface area contributed by atoms with Gasteiger partial charge in [-0.1, -0.05) is 30.3 Å². The number of hydrazone groups is 1. The molecule has 0 heterocycles. The highest BCUT2D eigenvalue weighted by Gasteiger charge is 1.84. The van der Waals surface area contributed by atoms with Crippen LogP contribution in [0.25, 0.3) is 0 Å². The second-order valence-electron chi connectivity index (χ2n) is 2.34. The first-order chi connectivity index (χ1) is 5.79. The van der Waals surface area contributed by atoms with Crippen molar-refractivity contribution >= 4 is 12.1 Å². The van der Waals surface area contributed by atoms with Crippen molar-refractivity contribution in [3.8, 4) is 0 Å². The van der Waals surface area contributed by atoms with Gasteiger partial charge in [0.25, 0.3) is 0 Å². The summed E-state index contributed by atoms with van der Waals surface area (Å²) in [6.07, 6.45) is 1.60. The molecule has 1 rings (SSSR count). The fourth-order valence-corrected chi connectivity index (χ4v) is 0.737. The lowest BCUT2D eigenvalue weighted by Gasteiger charge is -1.91. The van der Waals surface area contributed by atoms with E-state index in [0.717, 1.165) is 5.56 Å². The molecule has 0 unspecified atom stereocenters. The Hall–Kier alpha value is -1.64. The van der Waals surface area contributed by atoms with Gasteiger partial charge in [-0.05, 0) is 5.56 Å². The first-order valence-electron chi connectivity index (χ1n) is 3.64. The number of hydrogen-bond donors (Lipinski definition) is 1. The molecule has 0 fully saturated rings. The summed E-state index contributed by atoms with van der Waals surface area (Å²) < 4.78 is 0. The van der Waals surface area contributed by atoms with Crippen LogP contribution in [0.4, 0.5) is 0 Å². The summed E-state index contributed by atoms with van der Waals surface area (Å²) in [6.45, 7) is 1.42. The standard InChI is InChI=1S/C9H10N2O/c1-8(12)11-10-7-9-5-3-2-4-6-9/h2-7H,1H3,(H,11,12)/b10-7+. The second kappa shape index (κ2) is 4.28. The van der Waals surface area contributed by atoms with Crippen LogP contribution in [0, 0.1) is 0 Å². The van der Waals surface area contributed by atoms with Gasteiger partial charge in [-0.2, -0.15) is 5.10 Å². The summed E-state index contributed by atoms with van der Waals surface area (Å²) in [7, 11) is 0. The molecule has 1 amide bonds. The fourth-order valence-electron chi connectivity index (χ4n) is 0.737. The average molecular weight is 162 g/mol. The number of hydrogen-bond acceptors (Lipinski definition) is 2. The van der Waals surface area contributed by atoms with Crippen LogP contribution >= 0.6 is 0 Å². The molecule has 0 bridgehead atoms. The molecule has 12 heavy (non-hydrogen) atoms. The zero-order valence-corrected chi connectivity index (χ0v) is 6.82. The summed E-state index contributed by atoms with van der Waals surface area (Å²) in [6, 6.07) is 9.57. The van der Waals surface area contributed by atoms with Gasteiger partial charge in [0, 0.05) is 6.92 Å². The molecule has 0 aromatic heterocycles. The normalized spacial score (nSPS) is 10.1. The predicted octanol–water partition coefficient (Wildman–Crippen LogP) is 1.16. The Morgan fingerprint density at radius 3 is 2.67 bits per heavy atom. The van der Waals surface area contributed by atoms with Crippen molar-refractivity contribution in [2.24, 2.45) is 5.10 Å². The SMILES string of the molecule is CC(=O)N/N=C/c1ccccc1. The van der Waals surface area contributed by atoms with E-state index in [-0.39, 0.29) is 5.91 Å². The molecule has 0 aliphatic carbocycles. The molecule has 1 aromatic rings. The van der Waals surface area contributed by atoms with Crippen LogP contribution in [0.3, 0.4) is 0 Å². The molecule has 0 radical (unpaired) electrons. The number of nitrogens with zero attached hydrogens (tertiary/aromatic N) is 1. The number of carbonyl (C=O) groups is 1. The van der Waals surface area contributed by atoms with E-state index >= 15 is 0 Å². The van der Waals surface area contributed by atoms with Crippen molar-refractivity contribution in [1.82, 2.24) is 5.43 Å². The van der Waals surface area contributed by atoms with Crippen LogP contribution in [-0.2, 0) is 4.79 Å². The molecule has 0 spiro atoms. The van der Waals surface area contributed by atoms with Gasteiger partial charge in [-0.15, -0.1) is 0 Å². The van der Waals surface area contributed by atoms with Gasteiger partial charge in [0.2, 0.25) is 5.91 Å². The third-order valence-electron chi connectivity index (χ3n) is 1.24. The van der Waals surface area contributed by atoms with Crippen molar-refractivity contribution in [2.45, 2.75) is 6.92 Å². The Labute approximate surface area is 71.1 Å². The van der Waals surface area contributed by atoms with E-state index in [9.17, 15) is 4.79 Å². The molecule has 3 nitrogen and oxygen atoms in total. The third kappa shape index (κ3) is 2.96. The van der Waals surface area contributed by atoms with Gasteiger partial charge in [0.1, 0.15) is 0 Å². The van der Waals surface area contributed by atoms with Crippen molar-refractivity contribution in [3.05, 3.63) is 35.9 Å². The van der Waals surface area contributed by atoms with E-state index in [2.05, 4.69) is 10.5 Å². The minimum atomic E-state index is -0.165. The quantitative estimate of drug-likeness (QED) is 0.514. The number of rotatable bonds is 2. The molecule has 1 N–H and O–H groups in total. The predicted molar refractivity (Wildman–Crippen MR) is 47.9 cm³/mol. The molecular weight excluding hydrogens is 152 g/mol. The molecule has 0 aliphatic rings. The zero-order chi connectivity index (χ0) is 8.81. The van der Waals surface area contributed by atoms with E-state index in [1.807, 2.05) is 30.3 Å². The smallest absolute Gasteiger partial charge is 0.236 e. The zero-order valence-electron chi connectivity index (χ0n) is 6.82. The fraction of sp³-hybridized carbons (Fsp3) is 0.111. The Morgan fingerprint density at radius 1 is 1.42 bits per heavy atom. The van der Waals surface area contributed by atoms with Gasteiger partial charge in [0.05, 0.1) is 6.21 Å². The van der Waals surface area contributed by atoms with Crippen molar-refractivity contribution < 1.29 is 4.79 Å². The summed E-state index contributed by atoms with van der Waals surface area (Å²) in [5.41, 5.74) is 3.29. The monoisotopic (exact) mass is 162 g/mol. The molecular formula is C9H10N2O. The summed E-state index contributed by atoms with van der Waals surface area (Å²) >= 11 is 0.